The normalized spacial score (nSPS) is 11.3. The van der Waals surface area contributed by atoms with Crippen molar-refractivity contribution in [1.29, 1.82) is 0 Å². The van der Waals surface area contributed by atoms with Gasteiger partial charge in [0.15, 0.2) is 0 Å². The Hall–Kier alpha value is -3.73. The number of fused-ring (bicyclic) bond motifs is 1. The van der Waals surface area contributed by atoms with E-state index in [9.17, 15) is 4.79 Å². The highest BCUT2D eigenvalue weighted by atomic mass is 16.5. The molecule has 5 nitrogen and oxygen atoms in total. The summed E-state index contributed by atoms with van der Waals surface area (Å²) in [5, 5.41) is 10.9. The number of hydrogen-bond donors (Lipinski definition) is 0. The zero-order chi connectivity index (χ0) is 21.5. The van der Waals surface area contributed by atoms with E-state index in [-0.39, 0.29) is 12.6 Å². The third kappa shape index (κ3) is 5.07. The third-order valence-electron chi connectivity index (χ3n) is 5.11. The van der Waals surface area contributed by atoms with E-state index in [1.165, 1.54) is 6.08 Å². The van der Waals surface area contributed by atoms with E-state index in [0.717, 1.165) is 52.5 Å². The van der Waals surface area contributed by atoms with Crippen LogP contribution in [0, 0.1) is 0 Å². The lowest BCUT2D eigenvalue weighted by molar-refractivity contribution is -0.138. The van der Waals surface area contributed by atoms with Crippen molar-refractivity contribution in [3.8, 4) is 5.69 Å². The van der Waals surface area contributed by atoms with E-state index >= 15 is 0 Å². The minimum absolute atomic E-state index is 0.248. The maximum Gasteiger partial charge on any atom is 0.331 e. The van der Waals surface area contributed by atoms with Crippen molar-refractivity contribution < 1.29 is 9.53 Å². The first-order valence-corrected chi connectivity index (χ1v) is 10.6. The molecule has 31 heavy (non-hydrogen) atoms. The standard InChI is InChI=1S/C26H25N3O2/c1-2-3-12-23-18-29(28-27-23)26-22(15-14-21-11-7-8-13-24(21)26)16-17-25(30)31-19-20-9-5-4-6-10-20/h4-11,13-18H,2-3,12,19H2,1H3/b17-16+. The quantitative estimate of drug-likeness (QED) is 0.283. The molecular weight excluding hydrogens is 386 g/mol. The van der Waals surface area contributed by atoms with E-state index < -0.39 is 0 Å². The number of aromatic nitrogens is 3. The van der Waals surface area contributed by atoms with Crippen LogP contribution in [0.1, 0.15) is 36.6 Å². The second-order valence-corrected chi connectivity index (χ2v) is 7.41. The number of nitrogens with zero attached hydrogens (tertiary/aromatic N) is 3. The summed E-state index contributed by atoms with van der Waals surface area (Å²) in [6, 6.07) is 21.8. The number of ether oxygens (including phenoxy) is 1. The minimum Gasteiger partial charge on any atom is -0.458 e. The predicted octanol–water partition coefficient (Wildman–Crippen LogP) is 5.52. The Kier molecular flexibility index (Phi) is 6.53. The van der Waals surface area contributed by atoms with Crippen LogP contribution in [0.15, 0.2) is 79.0 Å². The van der Waals surface area contributed by atoms with Gasteiger partial charge >= 0.3 is 5.97 Å². The van der Waals surface area contributed by atoms with Gasteiger partial charge in [-0.25, -0.2) is 9.48 Å². The number of benzene rings is 3. The molecule has 0 saturated heterocycles. The van der Waals surface area contributed by atoms with Crippen LogP contribution in [0.4, 0.5) is 0 Å². The Morgan fingerprint density at radius 2 is 1.84 bits per heavy atom. The Balaban J connectivity index is 1.61. The summed E-state index contributed by atoms with van der Waals surface area (Å²) in [7, 11) is 0. The Bertz CT molecular complexity index is 1200. The van der Waals surface area contributed by atoms with Crippen molar-refractivity contribution in [2.24, 2.45) is 0 Å². The van der Waals surface area contributed by atoms with Crippen LogP contribution in [0.2, 0.25) is 0 Å². The molecule has 0 aliphatic heterocycles. The van der Waals surface area contributed by atoms with Gasteiger partial charge in [0.25, 0.3) is 0 Å². The fourth-order valence-electron chi connectivity index (χ4n) is 3.48. The Morgan fingerprint density at radius 3 is 2.68 bits per heavy atom. The highest BCUT2D eigenvalue weighted by Gasteiger charge is 2.11. The van der Waals surface area contributed by atoms with E-state index in [1.807, 2.05) is 65.5 Å². The van der Waals surface area contributed by atoms with Crippen molar-refractivity contribution >= 4 is 22.8 Å². The monoisotopic (exact) mass is 411 g/mol. The Morgan fingerprint density at radius 1 is 1.03 bits per heavy atom. The van der Waals surface area contributed by atoms with E-state index in [2.05, 4.69) is 29.4 Å². The highest BCUT2D eigenvalue weighted by Crippen LogP contribution is 2.27. The number of hydrogen-bond acceptors (Lipinski definition) is 4. The van der Waals surface area contributed by atoms with Crippen LogP contribution < -0.4 is 0 Å². The molecule has 0 bridgehead atoms. The summed E-state index contributed by atoms with van der Waals surface area (Å²) >= 11 is 0. The first-order valence-electron chi connectivity index (χ1n) is 10.6. The molecule has 0 atom stereocenters. The summed E-state index contributed by atoms with van der Waals surface area (Å²) in [6.07, 6.45) is 8.31. The largest absolute Gasteiger partial charge is 0.458 e. The van der Waals surface area contributed by atoms with Gasteiger partial charge < -0.3 is 4.74 Å². The SMILES string of the molecule is CCCCc1cn(-c2c(/C=C/C(=O)OCc3ccccc3)ccc3ccccc23)nn1. The Labute approximate surface area is 182 Å². The molecule has 3 aromatic carbocycles. The zero-order valence-corrected chi connectivity index (χ0v) is 17.6. The van der Waals surface area contributed by atoms with E-state index in [4.69, 9.17) is 4.74 Å². The number of carbonyl (C=O) groups excluding carboxylic acids is 1. The first kappa shape index (κ1) is 20.5. The van der Waals surface area contributed by atoms with Crippen LogP contribution in [0.5, 0.6) is 0 Å². The van der Waals surface area contributed by atoms with Crippen molar-refractivity contribution in [3.63, 3.8) is 0 Å². The van der Waals surface area contributed by atoms with Gasteiger partial charge in [0.05, 0.1) is 17.6 Å². The van der Waals surface area contributed by atoms with Crippen molar-refractivity contribution in [3.05, 3.63) is 95.8 Å². The lowest BCUT2D eigenvalue weighted by Gasteiger charge is -2.10. The summed E-state index contributed by atoms with van der Waals surface area (Å²) in [6.45, 7) is 2.41. The number of unbranched alkanes of at least 4 members (excludes halogenated alkanes) is 1. The van der Waals surface area contributed by atoms with Gasteiger partial charge in [-0.1, -0.05) is 85.3 Å². The average molecular weight is 412 g/mol. The van der Waals surface area contributed by atoms with Crippen LogP contribution in [0.3, 0.4) is 0 Å². The lowest BCUT2D eigenvalue weighted by atomic mass is 10.0. The molecule has 0 aliphatic rings. The summed E-state index contributed by atoms with van der Waals surface area (Å²) < 4.78 is 7.18. The number of esters is 1. The van der Waals surface area contributed by atoms with E-state index in [0.29, 0.717) is 0 Å². The fraction of sp³-hybridized carbons (Fsp3) is 0.192. The molecule has 1 heterocycles. The van der Waals surface area contributed by atoms with Gasteiger partial charge in [0.1, 0.15) is 6.61 Å². The molecule has 4 aromatic rings. The van der Waals surface area contributed by atoms with Crippen molar-refractivity contribution in [2.45, 2.75) is 32.8 Å². The molecule has 0 saturated carbocycles. The molecule has 0 amide bonds. The number of rotatable bonds is 8. The molecule has 0 unspecified atom stereocenters. The molecule has 4 rings (SSSR count). The minimum atomic E-state index is -0.384. The topological polar surface area (TPSA) is 57.0 Å². The second-order valence-electron chi connectivity index (χ2n) is 7.41. The van der Waals surface area contributed by atoms with Crippen molar-refractivity contribution in [2.75, 3.05) is 0 Å². The number of aryl methyl sites for hydroxylation is 1. The van der Waals surface area contributed by atoms with Gasteiger partial charge in [-0.15, -0.1) is 5.10 Å². The van der Waals surface area contributed by atoms with E-state index in [1.54, 1.807) is 6.08 Å². The molecule has 5 heteroatoms. The second kappa shape index (κ2) is 9.85. The van der Waals surface area contributed by atoms with Crippen LogP contribution >= 0.6 is 0 Å². The molecule has 0 fully saturated rings. The summed E-state index contributed by atoms with van der Waals surface area (Å²) in [4.78, 5) is 12.3. The highest BCUT2D eigenvalue weighted by molar-refractivity contribution is 5.96. The maximum atomic E-state index is 12.3. The maximum absolute atomic E-state index is 12.3. The van der Waals surface area contributed by atoms with Crippen LogP contribution in [0.25, 0.3) is 22.5 Å². The van der Waals surface area contributed by atoms with Gasteiger partial charge in [0.2, 0.25) is 0 Å². The van der Waals surface area contributed by atoms with Gasteiger partial charge in [-0.3, -0.25) is 0 Å². The molecular formula is C26H25N3O2. The predicted molar refractivity (Wildman–Crippen MR) is 123 cm³/mol. The molecule has 0 N–H and O–H groups in total. The molecule has 156 valence electrons. The smallest absolute Gasteiger partial charge is 0.331 e. The number of carbonyl (C=O) groups is 1. The molecule has 1 aromatic heterocycles. The first-order chi connectivity index (χ1) is 15.2. The van der Waals surface area contributed by atoms with Crippen molar-refractivity contribution in [1.82, 2.24) is 15.0 Å². The molecule has 0 aliphatic carbocycles. The summed E-state index contributed by atoms with van der Waals surface area (Å²) in [5.74, 6) is -0.384. The summed E-state index contributed by atoms with van der Waals surface area (Å²) in [5.41, 5.74) is 3.70. The zero-order valence-electron chi connectivity index (χ0n) is 17.6. The molecule has 0 spiro atoms. The van der Waals surface area contributed by atoms with Crippen LogP contribution in [-0.4, -0.2) is 21.0 Å². The lowest BCUT2D eigenvalue weighted by Crippen LogP contribution is -2.02. The van der Waals surface area contributed by atoms with Gasteiger partial charge in [-0.2, -0.15) is 0 Å². The fourth-order valence-corrected chi connectivity index (χ4v) is 3.48. The van der Waals surface area contributed by atoms with Crippen LogP contribution in [-0.2, 0) is 22.6 Å². The molecule has 0 radical (unpaired) electrons. The van der Waals surface area contributed by atoms with Gasteiger partial charge in [-0.05, 0) is 29.9 Å². The van der Waals surface area contributed by atoms with Gasteiger partial charge in [0, 0.05) is 17.0 Å². The average Bonchev–Trinajstić information content (AvgIpc) is 3.28. The third-order valence-corrected chi connectivity index (χ3v) is 5.11.